The number of aryl methyl sites for hydroxylation is 1. The van der Waals surface area contributed by atoms with Crippen molar-refractivity contribution in [3.63, 3.8) is 0 Å². The van der Waals surface area contributed by atoms with Crippen LogP contribution in [0.5, 0.6) is 0 Å². The number of H-pyrrole nitrogens is 1. The summed E-state index contributed by atoms with van der Waals surface area (Å²) in [5.74, 6) is 0.616. The van der Waals surface area contributed by atoms with E-state index in [4.69, 9.17) is 4.74 Å². The van der Waals surface area contributed by atoms with Crippen LogP contribution in [-0.4, -0.2) is 66.2 Å². The van der Waals surface area contributed by atoms with E-state index in [1.807, 2.05) is 0 Å². The van der Waals surface area contributed by atoms with Crippen LogP contribution in [0.4, 0.5) is 5.95 Å². The molecule has 0 bridgehead atoms. The lowest BCUT2D eigenvalue weighted by atomic mass is 9.94. The van der Waals surface area contributed by atoms with Crippen molar-refractivity contribution >= 4 is 11.9 Å². The van der Waals surface area contributed by atoms with E-state index in [2.05, 4.69) is 25.5 Å². The second-order valence-corrected chi connectivity index (χ2v) is 7.13. The average Bonchev–Trinajstić information content (AvgIpc) is 2.65. The van der Waals surface area contributed by atoms with Gasteiger partial charge in [0, 0.05) is 50.7 Å². The summed E-state index contributed by atoms with van der Waals surface area (Å²) < 4.78 is 5.44. The standard InChI is InChI=1S/C18H29N5O3/c1-13-11-16(24)22-18(21-13)20-7-6-19-17(25)14-3-2-8-23(12-14)15-4-9-26-10-5-15/h11,14-15H,2-10,12H2,1H3,(H,19,25)(H2,20,21,22,24)/t14-/m0/s1. The molecule has 1 aromatic rings. The van der Waals surface area contributed by atoms with E-state index in [0.717, 1.165) is 52.0 Å². The first-order valence-corrected chi connectivity index (χ1v) is 9.53. The van der Waals surface area contributed by atoms with Gasteiger partial charge >= 0.3 is 0 Å². The summed E-state index contributed by atoms with van der Waals surface area (Å²) >= 11 is 0. The Hall–Kier alpha value is -1.93. The van der Waals surface area contributed by atoms with E-state index < -0.39 is 0 Å². The molecule has 8 nitrogen and oxygen atoms in total. The molecule has 2 fully saturated rings. The molecule has 1 amide bonds. The molecule has 0 aromatic carbocycles. The summed E-state index contributed by atoms with van der Waals surface area (Å²) in [5.41, 5.74) is 0.482. The Morgan fingerprint density at radius 3 is 2.92 bits per heavy atom. The van der Waals surface area contributed by atoms with E-state index in [1.165, 1.54) is 6.07 Å². The Morgan fingerprint density at radius 2 is 2.15 bits per heavy atom. The molecular formula is C18H29N5O3. The SMILES string of the molecule is Cc1cc(=O)[nH]c(NCCNC(=O)[C@H]2CCCN(C3CCOCC3)C2)n1. The lowest BCUT2D eigenvalue weighted by molar-refractivity contribution is -0.127. The van der Waals surface area contributed by atoms with Gasteiger partial charge < -0.3 is 15.4 Å². The molecule has 0 unspecified atom stereocenters. The molecule has 2 aliphatic rings. The predicted octanol–water partition coefficient (Wildman–Crippen LogP) is 0.497. The zero-order chi connectivity index (χ0) is 18.4. The maximum absolute atomic E-state index is 12.5. The van der Waals surface area contributed by atoms with Crippen molar-refractivity contribution in [3.8, 4) is 0 Å². The summed E-state index contributed by atoms with van der Waals surface area (Å²) in [5, 5.41) is 6.04. The van der Waals surface area contributed by atoms with Crippen molar-refractivity contribution in [2.24, 2.45) is 5.92 Å². The highest BCUT2D eigenvalue weighted by Gasteiger charge is 2.30. The van der Waals surface area contributed by atoms with Crippen molar-refractivity contribution in [3.05, 3.63) is 22.1 Å². The number of hydrogen-bond donors (Lipinski definition) is 3. The maximum Gasteiger partial charge on any atom is 0.252 e. The van der Waals surface area contributed by atoms with E-state index in [-0.39, 0.29) is 17.4 Å². The number of hydrogen-bond acceptors (Lipinski definition) is 6. The lowest BCUT2D eigenvalue weighted by Gasteiger charge is -2.39. The first kappa shape index (κ1) is 18.8. The van der Waals surface area contributed by atoms with Crippen LogP contribution >= 0.6 is 0 Å². The van der Waals surface area contributed by atoms with Crippen LogP contribution in [0, 0.1) is 12.8 Å². The molecule has 0 radical (unpaired) electrons. The second kappa shape index (κ2) is 9.14. The maximum atomic E-state index is 12.5. The van der Waals surface area contributed by atoms with Gasteiger partial charge in [-0.25, -0.2) is 4.98 Å². The average molecular weight is 363 g/mol. The highest BCUT2D eigenvalue weighted by atomic mass is 16.5. The molecule has 3 heterocycles. The molecule has 26 heavy (non-hydrogen) atoms. The number of ether oxygens (including phenoxy) is 1. The van der Waals surface area contributed by atoms with Crippen molar-refractivity contribution < 1.29 is 9.53 Å². The Kier molecular flexibility index (Phi) is 6.62. The molecule has 2 saturated heterocycles. The van der Waals surface area contributed by atoms with E-state index >= 15 is 0 Å². The number of carbonyl (C=O) groups excluding carboxylic acids is 1. The molecule has 0 spiro atoms. The van der Waals surface area contributed by atoms with Crippen molar-refractivity contribution in [1.29, 1.82) is 0 Å². The quantitative estimate of drug-likeness (QED) is 0.637. The summed E-state index contributed by atoms with van der Waals surface area (Å²) in [6, 6.07) is 2.01. The summed E-state index contributed by atoms with van der Waals surface area (Å²) in [6.45, 7) is 6.39. The van der Waals surface area contributed by atoms with Crippen LogP contribution in [0.25, 0.3) is 0 Å². The molecule has 2 aliphatic heterocycles. The fourth-order valence-electron chi connectivity index (χ4n) is 3.78. The fraction of sp³-hybridized carbons (Fsp3) is 0.722. The van der Waals surface area contributed by atoms with Crippen LogP contribution < -0.4 is 16.2 Å². The molecule has 0 aliphatic carbocycles. The van der Waals surface area contributed by atoms with Crippen molar-refractivity contribution in [2.75, 3.05) is 44.7 Å². The van der Waals surface area contributed by atoms with E-state index in [9.17, 15) is 9.59 Å². The van der Waals surface area contributed by atoms with Crippen LogP contribution in [0.3, 0.4) is 0 Å². The van der Waals surface area contributed by atoms with E-state index in [0.29, 0.717) is 30.8 Å². The third kappa shape index (κ3) is 5.28. The number of piperidine rings is 1. The Bertz CT molecular complexity index is 656. The van der Waals surface area contributed by atoms with Crippen molar-refractivity contribution in [2.45, 2.75) is 38.6 Å². The van der Waals surface area contributed by atoms with Gasteiger partial charge in [-0.05, 0) is 39.2 Å². The number of aromatic nitrogens is 2. The predicted molar refractivity (Wildman–Crippen MR) is 99.2 cm³/mol. The highest BCUT2D eigenvalue weighted by Crippen LogP contribution is 2.23. The van der Waals surface area contributed by atoms with Gasteiger partial charge in [0.2, 0.25) is 11.9 Å². The molecule has 8 heteroatoms. The summed E-state index contributed by atoms with van der Waals surface area (Å²) in [4.78, 5) is 33.2. The van der Waals surface area contributed by atoms with Crippen LogP contribution in [0.15, 0.2) is 10.9 Å². The first-order chi connectivity index (χ1) is 12.6. The van der Waals surface area contributed by atoms with Gasteiger partial charge in [0.05, 0.1) is 5.92 Å². The molecule has 1 atom stereocenters. The van der Waals surface area contributed by atoms with Gasteiger partial charge in [-0.1, -0.05) is 0 Å². The number of aromatic amines is 1. The Morgan fingerprint density at radius 1 is 1.35 bits per heavy atom. The number of amides is 1. The topological polar surface area (TPSA) is 99.4 Å². The summed E-state index contributed by atoms with van der Waals surface area (Å²) in [6.07, 6.45) is 4.16. The third-order valence-electron chi connectivity index (χ3n) is 5.12. The normalized spacial score (nSPS) is 22.1. The zero-order valence-corrected chi connectivity index (χ0v) is 15.4. The lowest BCUT2D eigenvalue weighted by Crippen LogP contribution is -2.49. The van der Waals surface area contributed by atoms with Gasteiger partial charge in [0.1, 0.15) is 0 Å². The summed E-state index contributed by atoms with van der Waals surface area (Å²) in [7, 11) is 0. The molecule has 3 rings (SSSR count). The van der Waals surface area contributed by atoms with E-state index in [1.54, 1.807) is 6.92 Å². The van der Waals surface area contributed by atoms with Gasteiger partial charge in [-0.15, -0.1) is 0 Å². The molecule has 3 N–H and O–H groups in total. The number of nitrogens with zero attached hydrogens (tertiary/aromatic N) is 2. The van der Waals surface area contributed by atoms with Crippen LogP contribution in [0.2, 0.25) is 0 Å². The van der Waals surface area contributed by atoms with Crippen LogP contribution in [0.1, 0.15) is 31.4 Å². The zero-order valence-electron chi connectivity index (χ0n) is 15.4. The molecule has 1 aromatic heterocycles. The monoisotopic (exact) mass is 363 g/mol. The molecule has 0 saturated carbocycles. The largest absolute Gasteiger partial charge is 0.381 e. The van der Waals surface area contributed by atoms with Gasteiger partial charge in [-0.3, -0.25) is 19.5 Å². The van der Waals surface area contributed by atoms with Crippen molar-refractivity contribution in [1.82, 2.24) is 20.2 Å². The molecule has 144 valence electrons. The number of nitrogens with one attached hydrogen (secondary N) is 3. The minimum Gasteiger partial charge on any atom is -0.381 e. The number of carbonyl (C=O) groups is 1. The van der Waals surface area contributed by atoms with Gasteiger partial charge in [0.25, 0.3) is 5.56 Å². The second-order valence-electron chi connectivity index (χ2n) is 7.13. The minimum atomic E-state index is -0.181. The third-order valence-corrected chi connectivity index (χ3v) is 5.12. The highest BCUT2D eigenvalue weighted by molar-refractivity contribution is 5.79. The number of likely N-dealkylation sites (tertiary alicyclic amines) is 1. The Balaban J connectivity index is 1.40. The first-order valence-electron chi connectivity index (χ1n) is 9.53. The van der Waals surface area contributed by atoms with Gasteiger partial charge in [0.15, 0.2) is 0 Å². The van der Waals surface area contributed by atoms with Gasteiger partial charge in [-0.2, -0.15) is 0 Å². The minimum absolute atomic E-state index is 0.0588. The number of rotatable bonds is 6. The number of anilines is 1. The Labute approximate surface area is 153 Å². The smallest absolute Gasteiger partial charge is 0.252 e. The molecular weight excluding hydrogens is 334 g/mol. The van der Waals surface area contributed by atoms with Crippen LogP contribution in [-0.2, 0) is 9.53 Å². The fourth-order valence-corrected chi connectivity index (χ4v) is 3.78.